The van der Waals surface area contributed by atoms with E-state index >= 15 is 0 Å². The van der Waals surface area contributed by atoms with Gasteiger partial charge >= 0.3 is 0 Å². The molecule has 5 nitrogen and oxygen atoms in total. The molecule has 0 bridgehead atoms. The van der Waals surface area contributed by atoms with Gasteiger partial charge in [0, 0.05) is 10.9 Å². The Bertz CT molecular complexity index is 454. The molecule has 6 heteroatoms. The molecule has 0 radical (unpaired) electrons. The molecule has 0 fully saturated rings. The van der Waals surface area contributed by atoms with Crippen LogP contribution in [-0.2, 0) is 6.42 Å². The summed E-state index contributed by atoms with van der Waals surface area (Å²) in [5, 5.41) is 7.28. The summed E-state index contributed by atoms with van der Waals surface area (Å²) >= 11 is 1.64. The molecular formula is C10H13N5S. The number of nitrogens with one attached hydrogen (secondary N) is 2. The minimum absolute atomic E-state index is 0.662. The largest absolute Gasteiger partial charge is 0.339 e. The van der Waals surface area contributed by atoms with E-state index in [0.717, 1.165) is 23.5 Å². The normalized spacial score (nSPS) is 10.1. The lowest BCUT2D eigenvalue weighted by molar-refractivity contribution is 1.04. The van der Waals surface area contributed by atoms with Crippen molar-refractivity contribution in [2.24, 2.45) is 5.84 Å². The number of hydrogen-bond donors (Lipinski definition) is 3. The maximum Gasteiger partial charge on any atom is 0.148 e. The van der Waals surface area contributed by atoms with Gasteiger partial charge in [-0.2, -0.15) is 11.3 Å². The second-order valence-electron chi connectivity index (χ2n) is 3.18. The van der Waals surface area contributed by atoms with Crippen molar-refractivity contribution in [3.63, 3.8) is 0 Å². The third-order valence-corrected chi connectivity index (χ3v) is 2.90. The van der Waals surface area contributed by atoms with Gasteiger partial charge in [-0.05, 0) is 17.9 Å². The van der Waals surface area contributed by atoms with Crippen LogP contribution in [0.2, 0.25) is 0 Å². The van der Waals surface area contributed by atoms with E-state index in [-0.39, 0.29) is 0 Å². The molecule has 0 unspecified atom stereocenters. The standard InChI is InChI=1S/C10H13N5S/c1-2-8-9(12-6-13-10(8)15-11)14-7-3-4-16-5-7/h3-6H,2,11H2,1H3,(H2,12,13,14,15). The molecule has 0 saturated carbocycles. The molecule has 4 N–H and O–H groups in total. The van der Waals surface area contributed by atoms with Crippen LogP contribution in [0.4, 0.5) is 17.3 Å². The average Bonchev–Trinajstić information content (AvgIpc) is 2.81. The molecule has 0 aliphatic carbocycles. The Hall–Kier alpha value is -1.66. The Balaban J connectivity index is 2.33. The van der Waals surface area contributed by atoms with E-state index in [1.165, 1.54) is 6.33 Å². The fourth-order valence-electron chi connectivity index (χ4n) is 1.45. The highest BCUT2D eigenvalue weighted by molar-refractivity contribution is 7.08. The highest BCUT2D eigenvalue weighted by Crippen LogP contribution is 2.24. The minimum Gasteiger partial charge on any atom is -0.339 e. The minimum atomic E-state index is 0.662. The van der Waals surface area contributed by atoms with E-state index in [9.17, 15) is 0 Å². The summed E-state index contributed by atoms with van der Waals surface area (Å²) in [6.07, 6.45) is 2.30. The van der Waals surface area contributed by atoms with Crippen LogP contribution in [0.3, 0.4) is 0 Å². The summed E-state index contributed by atoms with van der Waals surface area (Å²) < 4.78 is 0. The number of aromatic nitrogens is 2. The molecular weight excluding hydrogens is 222 g/mol. The van der Waals surface area contributed by atoms with Crippen molar-refractivity contribution in [3.8, 4) is 0 Å². The fraction of sp³-hybridized carbons (Fsp3) is 0.200. The number of rotatable bonds is 4. The fourth-order valence-corrected chi connectivity index (χ4v) is 2.04. The highest BCUT2D eigenvalue weighted by Gasteiger charge is 2.08. The molecule has 0 aromatic carbocycles. The molecule has 2 aromatic rings. The van der Waals surface area contributed by atoms with Crippen molar-refractivity contribution >= 4 is 28.7 Å². The van der Waals surface area contributed by atoms with Crippen LogP contribution in [0.1, 0.15) is 12.5 Å². The molecule has 2 heterocycles. The molecule has 16 heavy (non-hydrogen) atoms. The molecule has 2 rings (SSSR count). The van der Waals surface area contributed by atoms with Crippen molar-refractivity contribution in [1.82, 2.24) is 9.97 Å². The molecule has 0 aliphatic rings. The summed E-state index contributed by atoms with van der Waals surface area (Å²) in [4.78, 5) is 8.29. The predicted octanol–water partition coefficient (Wildman–Crippen LogP) is 2.13. The first kappa shape index (κ1) is 10.8. The Morgan fingerprint density at radius 3 is 2.81 bits per heavy atom. The van der Waals surface area contributed by atoms with Gasteiger partial charge in [-0.1, -0.05) is 6.92 Å². The van der Waals surface area contributed by atoms with E-state index in [2.05, 4.69) is 20.7 Å². The van der Waals surface area contributed by atoms with Gasteiger partial charge in [0.1, 0.15) is 18.0 Å². The number of hydrazine groups is 1. The predicted molar refractivity (Wildman–Crippen MR) is 66.8 cm³/mol. The number of nitrogens with two attached hydrogens (primary N) is 1. The van der Waals surface area contributed by atoms with Crippen LogP contribution in [-0.4, -0.2) is 9.97 Å². The number of hydrogen-bond acceptors (Lipinski definition) is 6. The van der Waals surface area contributed by atoms with Gasteiger partial charge in [0.05, 0.1) is 5.69 Å². The maximum absolute atomic E-state index is 5.40. The first-order valence-corrected chi connectivity index (χ1v) is 5.89. The van der Waals surface area contributed by atoms with Gasteiger partial charge in [-0.15, -0.1) is 0 Å². The third kappa shape index (κ3) is 2.12. The number of thiophene rings is 1. The van der Waals surface area contributed by atoms with Crippen molar-refractivity contribution in [3.05, 3.63) is 28.7 Å². The molecule has 2 aromatic heterocycles. The van der Waals surface area contributed by atoms with Gasteiger partial charge < -0.3 is 10.7 Å². The zero-order valence-electron chi connectivity index (χ0n) is 8.90. The number of nitrogen functional groups attached to an aromatic ring is 1. The Labute approximate surface area is 97.7 Å². The van der Waals surface area contributed by atoms with Crippen LogP contribution in [0, 0.1) is 0 Å². The Kier molecular flexibility index (Phi) is 3.33. The lowest BCUT2D eigenvalue weighted by Gasteiger charge is -2.11. The van der Waals surface area contributed by atoms with Crippen molar-refractivity contribution in [1.29, 1.82) is 0 Å². The van der Waals surface area contributed by atoms with Gasteiger partial charge in [0.2, 0.25) is 0 Å². The van der Waals surface area contributed by atoms with Crippen LogP contribution in [0.25, 0.3) is 0 Å². The summed E-state index contributed by atoms with van der Waals surface area (Å²) in [7, 11) is 0. The van der Waals surface area contributed by atoms with Gasteiger partial charge in [0.25, 0.3) is 0 Å². The maximum atomic E-state index is 5.40. The van der Waals surface area contributed by atoms with Gasteiger partial charge in [-0.25, -0.2) is 15.8 Å². The number of anilines is 3. The summed E-state index contributed by atoms with van der Waals surface area (Å²) in [5.74, 6) is 6.86. The smallest absolute Gasteiger partial charge is 0.148 e. The highest BCUT2D eigenvalue weighted by atomic mass is 32.1. The first-order chi connectivity index (χ1) is 7.85. The van der Waals surface area contributed by atoms with Gasteiger partial charge in [-0.3, -0.25) is 0 Å². The zero-order chi connectivity index (χ0) is 11.4. The van der Waals surface area contributed by atoms with E-state index in [1.54, 1.807) is 11.3 Å². The van der Waals surface area contributed by atoms with E-state index in [0.29, 0.717) is 5.82 Å². The SMILES string of the molecule is CCc1c(NN)ncnc1Nc1ccsc1. The third-order valence-electron chi connectivity index (χ3n) is 2.22. The zero-order valence-corrected chi connectivity index (χ0v) is 9.71. The summed E-state index contributed by atoms with van der Waals surface area (Å²) in [6.45, 7) is 2.04. The molecule has 0 atom stereocenters. The second kappa shape index (κ2) is 4.91. The quantitative estimate of drug-likeness (QED) is 0.559. The van der Waals surface area contributed by atoms with Crippen LogP contribution in [0.15, 0.2) is 23.2 Å². The van der Waals surface area contributed by atoms with Crippen LogP contribution >= 0.6 is 11.3 Å². The molecule has 0 saturated heterocycles. The average molecular weight is 235 g/mol. The lowest BCUT2D eigenvalue weighted by Crippen LogP contribution is -2.12. The van der Waals surface area contributed by atoms with Crippen molar-refractivity contribution in [2.75, 3.05) is 10.7 Å². The Morgan fingerprint density at radius 1 is 1.38 bits per heavy atom. The topological polar surface area (TPSA) is 75.9 Å². The van der Waals surface area contributed by atoms with Gasteiger partial charge in [0.15, 0.2) is 0 Å². The van der Waals surface area contributed by atoms with Crippen LogP contribution in [0.5, 0.6) is 0 Å². The van der Waals surface area contributed by atoms with E-state index in [1.807, 2.05) is 23.8 Å². The van der Waals surface area contributed by atoms with Crippen molar-refractivity contribution < 1.29 is 0 Å². The second-order valence-corrected chi connectivity index (χ2v) is 3.96. The lowest BCUT2D eigenvalue weighted by atomic mass is 10.2. The molecule has 0 spiro atoms. The number of nitrogens with zero attached hydrogens (tertiary/aromatic N) is 2. The van der Waals surface area contributed by atoms with E-state index < -0.39 is 0 Å². The molecule has 0 aliphatic heterocycles. The van der Waals surface area contributed by atoms with E-state index in [4.69, 9.17) is 5.84 Å². The molecule has 0 amide bonds. The summed E-state index contributed by atoms with van der Waals surface area (Å²) in [5.41, 5.74) is 4.59. The monoisotopic (exact) mass is 235 g/mol. The summed E-state index contributed by atoms with van der Waals surface area (Å²) in [6, 6.07) is 2.00. The van der Waals surface area contributed by atoms with Crippen molar-refractivity contribution in [2.45, 2.75) is 13.3 Å². The van der Waals surface area contributed by atoms with Crippen LogP contribution < -0.4 is 16.6 Å². The Morgan fingerprint density at radius 2 is 2.19 bits per heavy atom. The first-order valence-electron chi connectivity index (χ1n) is 4.95. The molecule has 84 valence electrons.